The van der Waals surface area contributed by atoms with Crippen molar-refractivity contribution in [3.05, 3.63) is 88.9 Å². The molecule has 0 bridgehead atoms. The molecule has 10 heteroatoms. The highest BCUT2D eigenvalue weighted by atomic mass is 35.5. The zero-order valence-corrected chi connectivity index (χ0v) is 25.7. The maximum atomic E-state index is 14.1. The molecule has 0 heterocycles. The van der Waals surface area contributed by atoms with Crippen molar-refractivity contribution >= 4 is 39.1 Å². The van der Waals surface area contributed by atoms with Crippen molar-refractivity contribution in [3.63, 3.8) is 0 Å². The molecule has 3 aromatic rings. The van der Waals surface area contributed by atoms with Crippen LogP contribution in [-0.2, 0) is 26.2 Å². The van der Waals surface area contributed by atoms with Crippen molar-refractivity contribution in [1.29, 1.82) is 0 Å². The molecule has 8 nitrogen and oxygen atoms in total. The fraction of sp³-hybridized carbons (Fsp3) is 0.355. The van der Waals surface area contributed by atoms with Gasteiger partial charge in [-0.15, -0.1) is 0 Å². The van der Waals surface area contributed by atoms with Gasteiger partial charge in [0.05, 0.1) is 17.2 Å². The van der Waals surface area contributed by atoms with E-state index < -0.39 is 28.5 Å². The van der Waals surface area contributed by atoms with Gasteiger partial charge >= 0.3 is 0 Å². The Balaban J connectivity index is 2.09. The number of para-hydroxylation sites is 2. The number of halogens is 1. The van der Waals surface area contributed by atoms with Gasteiger partial charge in [-0.2, -0.15) is 0 Å². The zero-order chi connectivity index (χ0) is 30.2. The second kappa shape index (κ2) is 14.4. The van der Waals surface area contributed by atoms with E-state index in [1.54, 1.807) is 74.5 Å². The summed E-state index contributed by atoms with van der Waals surface area (Å²) >= 11 is 6.43. The largest absolute Gasteiger partial charge is 0.492 e. The molecule has 3 aromatic carbocycles. The standard InChI is InChI=1S/C31H38ClN3O5S/c1-6-23(4)33-31(37)24(5)34(20-25-12-8-9-13-27(25)32)30(36)21-35(28-14-10-11-15-29(28)40-7-2)41(38,39)26-18-16-22(3)17-19-26/h8-19,23-24H,6-7,20-21H2,1-5H3,(H,33,37)/t23-,24+/m1/s1. The van der Waals surface area contributed by atoms with Crippen molar-refractivity contribution in [3.8, 4) is 5.75 Å². The average Bonchev–Trinajstić information content (AvgIpc) is 2.95. The van der Waals surface area contributed by atoms with E-state index in [2.05, 4.69) is 5.32 Å². The lowest BCUT2D eigenvalue weighted by molar-refractivity contribution is -0.139. The summed E-state index contributed by atoms with van der Waals surface area (Å²) in [7, 11) is -4.21. The summed E-state index contributed by atoms with van der Waals surface area (Å²) < 4.78 is 34.9. The molecule has 1 N–H and O–H groups in total. The van der Waals surface area contributed by atoms with Crippen LogP contribution < -0.4 is 14.4 Å². The molecule has 41 heavy (non-hydrogen) atoms. The first-order chi connectivity index (χ1) is 19.5. The number of amides is 2. The summed E-state index contributed by atoms with van der Waals surface area (Å²) in [5.74, 6) is -0.597. The fourth-order valence-electron chi connectivity index (χ4n) is 4.15. The van der Waals surface area contributed by atoms with E-state index in [-0.39, 0.29) is 29.1 Å². The topological polar surface area (TPSA) is 96.0 Å². The van der Waals surface area contributed by atoms with Gasteiger partial charge in [0.1, 0.15) is 18.3 Å². The molecule has 3 rings (SSSR count). The molecule has 0 radical (unpaired) electrons. The van der Waals surface area contributed by atoms with Gasteiger partial charge in [0.2, 0.25) is 11.8 Å². The summed E-state index contributed by atoms with van der Waals surface area (Å²) in [6, 6.07) is 19.1. The monoisotopic (exact) mass is 599 g/mol. The quantitative estimate of drug-likeness (QED) is 0.277. The first kappa shape index (κ1) is 32.0. The lowest BCUT2D eigenvalue weighted by Crippen LogP contribution is -2.52. The van der Waals surface area contributed by atoms with Crippen LogP contribution in [0.15, 0.2) is 77.7 Å². The normalized spacial score (nSPS) is 12.7. The fourth-order valence-corrected chi connectivity index (χ4v) is 5.77. The highest BCUT2D eigenvalue weighted by molar-refractivity contribution is 7.92. The highest BCUT2D eigenvalue weighted by Crippen LogP contribution is 2.33. The predicted octanol–water partition coefficient (Wildman–Crippen LogP) is 5.57. The first-order valence-electron chi connectivity index (χ1n) is 13.6. The Morgan fingerprint density at radius 3 is 2.22 bits per heavy atom. The van der Waals surface area contributed by atoms with E-state index in [9.17, 15) is 18.0 Å². The van der Waals surface area contributed by atoms with Crippen molar-refractivity contribution < 1.29 is 22.7 Å². The SMILES string of the molecule is CCOc1ccccc1N(CC(=O)N(Cc1ccccc1Cl)[C@@H](C)C(=O)N[C@H](C)CC)S(=O)(=O)c1ccc(C)cc1. The molecular formula is C31H38ClN3O5S. The summed E-state index contributed by atoms with van der Waals surface area (Å²) in [5.41, 5.74) is 1.75. The number of hydrogen-bond donors (Lipinski definition) is 1. The smallest absolute Gasteiger partial charge is 0.264 e. The minimum absolute atomic E-state index is 0.0130. The Hall–Kier alpha value is -3.56. The molecule has 0 aliphatic rings. The number of nitrogens with zero attached hydrogens (tertiary/aromatic N) is 2. The van der Waals surface area contributed by atoms with Gasteiger partial charge in [0.15, 0.2) is 0 Å². The van der Waals surface area contributed by atoms with Gasteiger partial charge in [-0.1, -0.05) is 66.6 Å². The highest BCUT2D eigenvalue weighted by Gasteiger charge is 2.34. The Morgan fingerprint density at radius 1 is 0.951 bits per heavy atom. The van der Waals surface area contributed by atoms with Crippen molar-refractivity contribution in [1.82, 2.24) is 10.2 Å². The second-order valence-electron chi connectivity index (χ2n) is 9.83. The number of carbonyl (C=O) groups excluding carboxylic acids is 2. The summed E-state index contributed by atoms with van der Waals surface area (Å²) in [6.07, 6.45) is 0.716. The van der Waals surface area contributed by atoms with Gasteiger partial charge in [0, 0.05) is 17.6 Å². The molecule has 0 saturated heterocycles. The van der Waals surface area contributed by atoms with Gasteiger partial charge in [-0.25, -0.2) is 8.42 Å². The number of rotatable bonds is 13. The number of sulfonamides is 1. The van der Waals surface area contributed by atoms with E-state index >= 15 is 0 Å². The van der Waals surface area contributed by atoms with Crippen LogP contribution in [0, 0.1) is 6.92 Å². The third kappa shape index (κ3) is 8.01. The number of nitrogens with one attached hydrogen (secondary N) is 1. The van der Waals surface area contributed by atoms with Crippen molar-refractivity contribution in [2.75, 3.05) is 17.5 Å². The molecular weight excluding hydrogens is 562 g/mol. The lowest BCUT2D eigenvalue weighted by atomic mass is 10.1. The van der Waals surface area contributed by atoms with Crippen LogP contribution in [0.2, 0.25) is 5.02 Å². The van der Waals surface area contributed by atoms with Crippen LogP contribution in [-0.4, -0.2) is 50.4 Å². The molecule has 0 unspecified atom stereocenters. The Morgan fingerprint density at radius 2 is 1.59 bits per heavy atom. The Labute approximate surface area is 248 Å². The number of benzene rings is 3. The second-order valence-corrected chi connectivity index (χ2v) is 12.1. The van der Waals surface area contributed by atoms with Gasteiger partial charge in [-0.05, 0) is 70.0 Å². The third-order valence-corrected chi connectivity index (χ3v) is 8.93. The average molecular weight is 600 g/mol. The van der Waals surface area contributed by atoms with E-state index in [1.165, 1.54) is 17.0 Å². The maximum absolute atomic E-state index is 14.1. The molecule has 0 aliphatic heterocycles. The van der Waals surface area contributed by atoms with Crippen LogP contribution in [0.3, 0.4) is 0 Å². The number of carbonyl (C=O) groups is 2. The van der Waals surface area contributed by atoms with E-state index in [0.717, 1.165) is 9.87 Å². The van der Waals surface area contributed by atoms with Gasteiger partial charge in [-0.3, -0.25) is 13.9 Å². The zero-order valence-electron chi connectivity index (χ0n) is 24.1. The molecule has 2 atom stereocenters. The van der Waals surface area contributed by atoms with E-state index in [0.29, 0.717) is 29.4 Å². The summed E-state index contributed by atoms with van der Waals surface area (Å²) in [4.78, 5) is 28.7. The number of anilines is 1. The predicted molar refractivity (Wildman–Crippen MR) is 163 cm³/mol. The molecule has 0 aromatic heterocycles. The molecule has 0 aliphatic carbocycles. The van der Waals surface area contributed by atoms with Crippen LogP contribution >= 0.6 is 11.6 Å². The third-order valence-electron chi connectivity index (χ3n) is 6.79. The summed E-state index contributed by atoms with van der Waals surface area (Å²) in [6.45, 7) is 8.86. The van der Waals surface area contributed by atoms with Gasteiger partial charge < -0.3 is 15.0 Å². The minimum atomic E-state index is -4.21. The Kier molecular flexibility index (Phi) is 11.2. The number of aryl methyl sites for hydroxylation is 1. The molecule has 0 saturated carbocycles. The molecule has 0 spiro atoms. The van der Waals surface area contributed by atoms with Gasteiger partial charge in [0.25, 0.3) is 10.0 Å². The number of ether oxygens (including phenoxy) is 1. The van der Waals surface area contributed by atoms with E-state index in [1.807, 2.05) is 20.8 Å². The maximum Gasteiger partial charge on any atom is 0.264 e. The molecule has 220 valence electrons. The molecule has 0 fully saturated rings. The Bertz CT molecular complexity index is 1450. The first-order valence-corrected chi connectivity index (χ1v) is 15.5. The van der Waals surface area contributed by atoms with Crippen LogP contribution in [0.4, 0.5) is 5.69 Å². The number of hydrogen-bond acceptors (Lipinski definition) is 5. The van der Waals surface area contributed by atoms with E-state index in [4.69, 9.17) is 16.3 Å². The minimum Gasteiger partial charge on any atom is -0.492 e. The van der Waals surface area contributed by atoms with Crippen LogP contribution in [0.5, 0.6) is 5.75 Å². The van der Waals surface area contributed by atoms with Crippen LogP contribution in [0.1, 0.15) is 45.2 Å². The van der Waals surface area contributed by atoms with Crippen molar-refractivity contribution in [2.24, 2.45) is 0 Å². The van der Waals surface area contributed by atoms with Crippen LogP contribution in [0.25, 0.3) is 0 Å². The van der Waals surface area contributed by atoms with Crippen molar-refractivity contribution in [2.45, 2.75) is 64.6 Å². The summed E-state index contributed by atoms with van der Waals surface area (Å²) in [5, 5.41) is 3.36. The molecule has 2 amide bonds. The lowest BCUT2D eigenvalue weighted by Gasteiger charge is -2.33.